The molecule has 0 aliphatic heterocycles. The smallest absolute Gasteiger partial charge is 0.215 e. The monoisotopic (exact) mass is 309 g/mol. The van der Waals surface area contributed by atoms with Gasteiger partial charge in [-0.3, -0.25) is 4.68 Å². The first-order chi connectivity index (χ1) is 9.98. The summed E-state index contributed by atoms with van der Waals surface area (Å²) in [5.74, 6) is -0.0685. The van der Waals surface area contributed by atoms with E-state index in [2.05, 4.69) is 9.82 Å². The van der Waals surface area contributed by atoms with Crippen molar-refractivity contribution < 1.29 is 13.5 Å². The van der Waals surface area contributed by atoms with E-state index in [1.165, 1.54) is 0 Å². The minimum absolute atomic E-state index is 0.0463. The maximum absolute atomic E-state index is 12.0. The van der Waals surface area contributed by atoms with Crippen LogP contribution in [0.25, 0.3) is 0 Å². The minimum atomic E-state index is -3.36. The predicted molar refractivity (Wildman–Crippen MR) is 79.9 cm³/mol. The van der Waals surface area contributed by atoms with Gasteiger partial charge in [0.25, 0.3) is 0 Å². The number of sulfonamides is 1. The van der Waals surface area contributed by atoms with E-state index < -0.39 is 10.0 Å². The zero-order valence-corrected chi connectivity index (χ0v) is 12.7. The van der Waals surface area contributed by atoms with Crippen LogP contribution in [0.1, 0.15) is 16.8 Å². The van der Waals surface area contributed by atoms with Gasteiger partial charge < -0.3 is 5.11 Å². The Morgan fingerprint density at radius 3 is 2.43 bits per heavy atom. The molecule has 0 unspecified atom stereocenters. The van der Waals surface area contributed by atoms with Crippen LogP contribution in [0.5, 0.6) is 0 Å². The average molecular weight is 309 g/mol. The fourth-order valence-corrected chi connectivity index (χ4v) is 3.09. The topological polar surface area (TPSA) is 84.2 Å². The fourth-order valence-electron chi connectivity index (χ4n) is 1.94. The number of aliphatic hydroxyl groups excluding tert-OH is 1. The van der Waals surface area contributed by atoms with Crippen LogP contribution in [-0.2, 0) is 35.9 Å². The molecule has 2 rings (SSSR count). The van der Waals surface area contributed by atoms with E-state index in [-0.39, 0.29) is 12.4 Å². The van der Waals surface area contributed by atoms with Crippen molar-refractivity contribution >= 4 is 10.0 Å². The van der Waals surface area contributed by atoms with Gasteiger partial charge in [-0.15, -0.1) is 0 Å². The molecular formula is C14H19N3O3S. The Hall–Kier alpha value is -1.70. The summed E-state index contributed by atoms with van der Waals surface area (Å²) in [6.45, 7) is 0.281. The molecule has 1 heterocycles. The van der Waals surface area contributed by atoms with Gasteiger partial charge in [0.2, 0.25) is 10.0 Å². The second kappa shape index (κ2) is 6.84. The normalized spacial score (nSPS) is 11.7. The molecule has 0 spiro atoms. The van der Waals surface area contributed by atoms with E-state index in [4.69, 9.17) is 5.11 Å². The van der Waals surface area contributed by atoms with Crippen molar-refractivity contribution in [3.8, 4) is 0 Å². The number of rotatable bonds is 7. The number of nitrogens with zero attached hydrogens (tertiary/aromatic N) is 2. The lowest BCUT2D eigenvalue weighted by Crippen LogP contribution is -2.27. The standard InChI is InChI=1S/C14H19N3O3S/c1-17-9-7-14(16-17)6-8-15-21(19,20)11-13-4-2-12(10-18)3-5-13/h2-5,7,9,15,18H,6,8,10-11H2,1H3. The molecule has 6 nitrogen and oxygen atoms in total. The molecule has 0 amide bonds. The number of aryl methyl sites for hydroxylation is 1. The highest BCUT2D eigenvalue weighted by Gasteiger charge is 2.11. The molecule has 0 aliphatic rings. The van der Waals surface area contributed by atoms with Gasteiger partial charge in [0, 0.05) is 26.2 Å². The van der Waals surface area contributed by atoms with Crippen LogP contribution in [0.4, 0.5) is 0 Å². The zero-order valence-electron chi connectivity index (χ0n) is 11.9. The summed E-state index contributed by atoms with van der Waals surface area (Å²) in [7, 11) is -1.54. The van der Waals surface area contributed by atoms with Crippen molar-refractivity contribution in [2.24, 2.45) is 7.05 Å². The van der Waals surface area contributed by atoms with Crippen LogP contribution in [0, 0.1) is 0 Å². The summed E-state index contributed by atoms with van der Waals surface area (Å²) in [6, 6.07) is 8.73. The van der Waals surface area contributed by atoms with E-state index in [0.29, 0.717) is 18.5 Å². The Balaban J connectivity index is 1.86. The third kappa shape index (κ3) is 4.96. The van der Waals surface area contributed by atoms with Crippen molar-refractivity contribution in [1.82, 2.24) is 14.5 Å². The Morgan fingerprint density at radius 2 is 1.86 bits per heavy atom. The second-order valence-corrected chi connectivity index (χ2v) is 6.67. The van der Waals surface area contributed by atoms with Gasteiger partial charge in [-0.25, -0.2) is 13.1 Å². The Morgan fingerprint density at radius 1 is 1.19 bits per heavy atom. The lowest BCUT2D eigenvalue weighted by Gasteiger charge is -2.06. The lowest BCUT2D eigenvalue weighted by atomic mass is 10.2. The highest BCUT2D eigenvalue weighted by Crippen LogP contribution is 2.08. The second-order valence-electron chi connectivity index (χ2n) is 4.86. The van der Waals surface area contributed by atoms with Crippen LogP contribution in [0.3, 0.4) is 0 Å². The molecule has 21 heavy (non-hydrogen) atoms. The van der Waals surface area contributed by atoms with Crippen molar-refractivity contribution in [1.29, 1.82) is 0 Å². The average Bonchev–Trinajstić information content (AvgIpc) is 2.84. The van der Waals surface area contributed by atoms with Gasteiger partial charge in [-0.1, -0.05) is 24.3 Å². The third-order valence-electron chi connectivity index (χ3n) is 3.03. The van der Waals surface area contributed by atoms with Gasteiger partial charge in [0.05, 0.1) is 18.1 Å². The summed E-state index contributed by atoms with van der Waals surface area (Å²) < 4.78 is 28.2. The molecule has 2 aromatic rings. The molecule has 0 saturated heterocycles. The van der Waals surface area contributed by atoms with E-state index in [0.717, 1.165) is 11.3 Å². The SMILES string of the molecule is Cn1ccc(CCNS(=O)(=O)Cc2ccc(CO)cc2)n1. The highest BCUT2D eigenvalue weighted by molar-refractivity contribution is 7.88. The number of benzene rings is 1. The molecule has 114 valence electrons. The molecule has 0 atom stereocenters. The first-order valence-corrected chi connectivity index (χ1v) is 8.28. The van der Waals surface area contributed by atoms with E-state index in [1.54, 1.807) is 28.9 Å². The van der Waals surface area contributed by atoms with Crippen molar-refractivity contribution in [3.05, 3.63) is 53.3 Å². The summed E-state index contributed by atoms with van der Waals surface area (Å²) in [4.78, 5) is 0. The molecule has 1 aromatic carbocycles. The van der Waals surface area contributed by atoms with Crippen LogP contribution >= 0.6 is 0 Å². The molecule has 2 N–H and O–H groups in total. The number of hydrogen-bond donors (Lipinski definition) is 2. The summed E-state index contributed by atoms with van der Waals surface area (Å²) >= 11 is 0. The van der Waals surface area contributed by atoms with E-state index >= 15 is 0 Å². The zero-order chi connectivity index (χ0) is 15.3. The largest absolute Gasteiger partial charge is 0.392 e. The number of aliphatic hydroxyl groups is 1. The molecular weight excluding hydrogens is 290 g/mol. The number of nitrogens with one attached hydrogen (secondary N) is 1. The number of hydrogen-bond acceptors (Lipinski definition) is 4. The predicted octanol–water partition coefficient (Wildman–Crippen LogP) is 0.574. The Kier molecular flexibility index (Phi) is 5.11. The molecule has 0 radical (unpaired) electrons. The first kappa shape index (κ1) is 15.7. The highest BCUT2D eigenvalue weighted by atomic mass is 32.2. The third-order valence-corrected chi connectivity index (χ3v) is 4.39. The lowest BCUT2D eigenvalue weighted by molar-refractivity contribution is 0.282. The Labute approximate surface area is 124 Å². The van der Waals surface area contributed by atoms with Gasteiger partial charge in [-0.05, 0) is 17.2 Å². The van der Waals surface area contributed by atoms with Crippen molar-refractivity contribution in [2.75, 3.05) is 6.54 Å². The quantitative estimate of drug-likeness (QED) is 0.783. The van der Waals surface area contributed by atoms with Gasteiger partial charge in [0.15, 0.2) is 0 Å². The first-order valence-electron chi connectivity index (χ1n) is 6.63. The number of aromatic nitrogens is 2. The van der Waals surface area contributed by atoms with Crippen LogP contribution in [-0.4, -0.2) is 29.8 Å². The van der Waals surface area contributed by atoms with Crippen LogP contribution in [0.15, 0.2) is 36.5 Å². The summed E-state index contributed by atoms with van der Waals surface area (Å²) in [5.41, 5.74) is 2.31. The maximum Gasteiger partial charge on any atom is 0.215 e. The van der Waals surface area contributed by atoms with Crippen LogP contribution in [0.2, 0.25) is 0 Å². The molecule has 7 heteroatoms. The van der Waals surface area contributed by atoms with Gasteiger partial charge >= 0.3 is 0 Å². The van der Waals surface area contributed by atoms with Crippen LogP contribution < -0.4 is 4.72 Å². The maximum atomic E-state index is 12.0. The van der Waals surface area contributed by atoms with Gasteiger partial charge in [0.1, 0.15) is 0 Å². The van der Waals surface area contributed by atoms with Crippen molar-refractivity contribution in [2.45, 2.75) is 18.8 Å². The molecule has 0 saturated carbocycles. The molecule has 1 aromatic heterocycles. The molecule has 0 aliphatic carbocycles. The van der Waals surface area contributed by atoms with Crippen molar-refractivity contribution in [3.63, 3.8) is 0 Å². The summed E-state index contributed by atoms with van der Waals surface area (Å²) in [6.07, 6.45) is 2.38. The molecule has 0 bridgehead atoms. The van der Waals surface area contributed by atoms with Gasteiger partial charge in [-0.2, -0.15) is 5.10 Å². The summed E-state index contributed by atoms with van der Waals surface area (Å²) in [5, 5.41) is 13.1. The minimum Gasteiger partial charge on any atom is -0.392 e. The fraction of sp³-hybridized carbons (Fsp3) is 0.357. The van der Waals surface area contributed by atoms with E-state index in [9.17, 15) is 8.42 Å². The Bertz CT molecular complexity index is 678. The molecule has 0 fully saturated rings. The van der Waals surface area contributed by atoms with E-state index in [1.807, 2.05) is 19.3 Å².